The Balaban J connectivity index is 1.51. The van der Waals surface area contributed by atoms with Gasteiger partial charge in [-0.25, -0.2) is 0 Å². The number of ketones is 1. The van der Waals surface area contributed by atoms with Crippen molar-refractivity contribution in [2.24, 2.45) is 0 Å². The minimum Gasteiger partial charge on any atom is -0.486 e. The van der Waals surface area contributed by atoms with Crippen LogP contribution in [0.15, 0.2) is 72.9 Å². The number of aryl methyl sites for hydroxylation is 1. The summed E-state index contributed by atoms with van der Waals surface area (Å²) in [6.45, 7) is 2.94. The van der Waals surface area contributed by atoms with Gasteiger partial charge in [0.05, 0.1) is 0 Å². The molecular formula is C25H20N2O4. The molecule has 0 unspecified atom stereocenters. The monoisotopic (exact) mass is 412 g/mol. The van der Waals surface area contributed by atoms with Crippen LogP contribution in [-0.2, 0) is 4.79 Å². The summed E-state index contributed by atoms with van der Waals surface area (Å²) in [4.78, 5) is 26.2. The van der Waals surface area contributed by atoms with Crippen LogP contribution in [0.4, 0.5) is 5.69 Å². The zero-order chi connectivity index (χ0) is 21.4. The second kappa shape index (κ2) is 7.65. The van der Waals surface area contributed by atoms with Crippen LogP contribution < -0.4 is 14.8 Å². The summed E-state index contributed by atoms with van der Waals surface area (Å²) in [5.74, 6) is -0.162. The molecule has 0 atom stereocenters. The largest absolute Gasteiger partial charge is 0.486 e. The third-order valence-electron chi connectivity index (χ3n) is 5.26. The van der Waals surface area contributed by atoms with Gasteiger partial charge >= 0.3 is 0 Å². The number of ether oxygens (including phenoxy) is 2. The molecule has 4 aromatic rings. The molecule has 0 aliphatic carbocycles. The third-order valence-corrected chi connectivity index (χ3v) is 5.26. The lowest BCUT2D eigenvalue weighted by Gasteiger charge is -2.19. The second-order valence-corrected chi connectivity index (χ2v) is 7.41. The number of nitrogens with zero attached hydrogens (tertiary/aromatic N) is 1. The van der Waals surface area contributed by atoms with E-state index >= 15 is 0 Å². The van der Waals surface area contributed by atoms with Gasteiger partial charge in [0, 0.05) is 29.0 Å². The molecule has 6 nitrogen and oxygen atoms in total. The number of fused-ring (bicyclic) bond motifs is 2. The Labute approximate surface area is 179 Å². The van der Waals surface area contributed by atoms with Crippen LogP contribution in [0.3, 0.4) is 0 Å². The first-order valence-electron chi connectivity index (χ1n) is 10.0. The number of carbonyl (C=O) groups is 2. The predicted molar refractivity (Wildman–Crippen MR) is 118 cm³/mol. The topological polar surface area (TPSA) is 69.0 Å². The molecule has 2 aromatic carbocycles. The van der Waals surface area contributed by atoms with Gasteiger partial charge in [-0.15, -0.1) is 0 Å². The van der Waals surface area contributed by atoms with Crippen molar-refractivity contribution in [1.82, 2.24) is 4.40 Å². The van der Waals surface area contributed by atoms with Gasteiger partial charge in [0.25, 0.3) is 11.7 Å². The van der Waals surface area contributed by atoms with Crippen LogP contribution in [0.1, 0.15) is 16.1 Å². The molecule has 0 spiro atoms. The molecule has 1 N–H and O–H groups in total. The molecule has 1 aliphatic heterocycles. The van der Waals surface area contributed by atoms with Crippen LogP contribution in [0, 0.1) is 6.92 Å². The van der Waals surface area contributed by atoms with Crippen LogP contribution in [0.5, 0.6) is 11.5 Å². The average molecular weight is 412 g/mol. The van der Waals surface area contributed by atoms with Gasteiger partial charge in [0.1, 0.15) is 18.9 Å². The van der Waals surface area contributed by atoms with Gasteiger partial charge in [-0.1, -0.05) is 35.9 Å². The first-order chi connectivity index (χ1) is 15.1. The second-order valence-electron chi connectivity index (χ2n) is 7.41. The molecule has 3 heterocycles. The lowest BCUT2D eigenvalue weighted by atomic mass is 10.0. The molecule has 154 valence electrons. The van der Waals surface area contributed by atoms with Crippen LogP contribution in [-0.4, -0.2) is 29.3 Å². The molecular weight excluding hydrogens is 392 g/mol. The maximum atomic E-state index is 13.3. The molecule has 5 rings (SSSR count). The van der Waals surface area contributed by atoms with Gasteiger partial charge in [0.15, 0.2) is 11.5 Å². The summed E-state index contributed by atoms with van der Waals surface area (Å²) < 4.78 is 12.8. The van der Waals surface area contributed by atoms with E-state index in [1.165, 1.54) is 0 Å². The molecule has 0 bridgehead atoms. The van der Waals surface area contributed by atoms with Gasteiger partial charge in [-0.2, -0.15) is 0 Å². The van der Waals surface area contributed by atoms with Crippen LogP contribution in [0.25, 0.3) is 16.6 Å². The molecule has 31 heavy (non-hydrogen) atoms. The summed E-state index contributed by atoms with van der Waals surface area (Å²) in [5.41, 5.74) is 4.36. The number of anilines is 1. The number of Topliss-reactive ketones (excluding diaryl/α,β-unsaturated/α-hetero) is 1. The minimum absolute atomic E-state index is 0.328. The van der Waals surface area contributed by atoms with Crippen LogP contribution >= 0.6 is 0 Å². The van der Waals surface area contributed by atoms with E-state index in [2.05, 4.69) is 5.32 Å². The number of benzene rings is 2. The maximum absolute atomic E-state index is 13.3. The SMILES string of the molecule is Cc1ccc(-c2cc3ccccn3c2C(=O)C(=O)Nc2ccc3c(c2)OCCO3)cc1. The van der Waals surface area contributed by atoms with Gasteiger partial charge in [0.2, 0.25) is 0 Å². The fourth-order valence-electron chi connectivity index (χ4n) is 3.72. The van der Waals surface area contributed by atoms with E-state index in [0.29, 0.717) is 41.7 Å². The van der Waals surface area contributed by atoms with Crippen molar-refractivity contribution in [2.75, 3.05) is 18.5 Å². The Morgan fingerprint density at radius 3 is 2.48 bits per heavy atom. The normalized spacial score (nSPS) is 12.5. The highest BCUT2D eigenvalue weighted by Crippen LogP contribution is 2.33. The Morgan fingerprint density at radius 2 is 1.68 bits per heavy atom. The average Bonchev–Trinajstić information content (AvgIpc) is 3.18. The molecule has 1 aliphatic rings. The lowest BCUT2D eigenvalue weighted by molar-refractivity contribution is -0.112. The molecule has 0 saturated carbocycles. The molecule has 0 fully saturated rings. The summed E-state index contributed by atoms with van der Waals surface area (Å²) in [6, 6.07) is 20.5. The van der Waals surface area contributed by atoms with Crippen molar-refractivity contribution >= 4 is 22.9 Å². The van der Waals surface area contributed by atoms with Crippen molar-refractivity contribution in [3.63, 3.8) is 0 Å². The first kappa shape index (κ1) is 18.9. The predicted octanol–water partition coefficient (Wildman–Crippen LogP) is 4.51. The first-order valence-corrected chi connectivity index (χ1v) is 10.0. The number of hydrogen-bond donors (Lipinski definition) is 1. The molecule has 1 amide bonds. The summed E-state index contributed by atoms with van der Waals surface area (Å²) in [7, 11) is 0. The molecule has 0 saturated heterocycles. The van der Waals surface area contributed by atoms with Crippen molar-refractivity contribution < 1.29 is 19.1 Å². The van der Waals surface area contributed by atoms with E-state index in [9.17, 15) is 9.59 Å². The smallest absolute Gasteiger partial charge is 0.298 e. The molecule has 6 heteroatoms. The summed E-state index contributed by atoms with van der Waals surface area (Å²) >= 11 is 0. The summed E-state index contributed by atoms with van der Waals surface area (Å²) in [5, 5.41) is 2.70. The highest BCUT2D eigenvalue weighted by atomic mass is 16.6. The van der Waals surface area contributed by atoms with E-state index in [1.807, 2.05) is 55.5 Å². The van der Waals surface area contributed by atoms with Crippen molar-refractivity contribution in [1.29, 1.82) is 0 Å². The number of carbonyl (C=O) groups excluding carboxylic acids is 2. The standard InChI is InChI=1S/C25H20N2O4/c1-16-5-7-17(8-6-16)20-15-19-4-2-3-11-27(19)23(20)24(28)25(29)26-18-9-10-21-22(14-18)31-13-12-30-21/h2-11,14-15H,12-13H2,1H3,(H,26,29). The molecule has 2 aromatic heterocycles. The summed E-state index contributed by atoms with van der Waals surface area (Å²) in [6.07, 6.45) is 1.79. The highest BCUT2D eigenvalue weighted by Gasteiger charge is 2.25. The Hall–Kier alpha value is -4.06. The number of pyridine rings is 1. The van der Waals surface area contributed by atoms with Crippen molar-refractivity contribution in [3.8, 4) is 22.6 Å². The lowest BCUT2D eigenvalue weighted by Crippen LogP contribution is -2.25. The zero-order valence-corrected chi connectivity index (χ0v) is 16.9. The quantitative estimate of drug-likeness (QED) is 0.396. The fraction of sp³-hybridized carbons (Fsp3) is 0.120. The van der Waals surface area contributed by atoms with E-state index in [0.717, 1.165) is 16.6 Å². The maximum Gasteiger partial charge on any atom is 0.298 e. The third kappa shape index (κ3) is 3.53. The van der Waals surface area contributed by atoms with E-state index in [-0.39, 0.29) is 0 Å². The Morgan fingerprint density at radius 1 is 0.903 bits per heavy atom. The van der Waals surface area contributed by atoms with E-state index in [1.54, 1.807) is 28.8 Å². The zero-order valence-electron chi connectivity index (χ0n) is 16.9. The number of rotatable bonds is 4. The van der Waals surface area contributed by atoms with E-state index < -0.39 is 11.7 Å². The fourth-order valence-corrected chi connectivity index (χ4v) is 3.72. The van der Waals surface area contributed by atoms with Crippen molar-refractivity contribution in [3.05, 3.63) is 84.2 Å². The highest BCUT2D eigenvalue weighted by molar-refractivity contribution is 6.47. The number of amides is 1. The van der Waals surface area contributed by atoms with Crippen molar-refractivity contribution in [2.45, 2.75) is 6.92 Å². The Bertz CT molecular complexity index is 1310. The molecule has 0 radical (unpaired) electrons. The number of hydrogen-bond acceptors (Lipinski definition) is 4. The number of aromatic nitrogens is 1. The van der Waals surface area contributed by atoms with Gasteiger partial charge in [-0.05, 0) is 42.8 Å². The van der Waals surface area contributed by atoms with E-state index in [4.69, 9.17) is 9.47 Å². The Kier molecular flexibility index (Phi) is 4.67. The minimum atomic E-state index is -0.714. The van der Waals surface area contributed by atoms with Gasteiger partial charge < -0.3 is 19.2 Å². The van der Waals surface area contributed by atoms with Crippen LogP contribution in [0.2, 0.25) is 0 Å². The number of nitrogens with one attached hydrogen (secondary N) is 1. The van der Waals surface area contributed by atoms with Gasteiger partial charge in [-0.3, -0.25) is 9.59 Å².